The summed E-state index contributed by atoms with van der Waals surface area (Å²) in [6.07, 6.45) is 5.50. The molecule has 0 saturated heterocycles. The van der Waals surface area contributed by atoms with Gasteiger partial charge in [-0.05, 0) is 43.7 Å². The lowest BCUT2D eigenvalue weighted by molar-refractivity contribution is -0.145. The second-order valence-electron chi connectivity index (χ2n) is 5.07. The number of aromatic nitrogens is 4. The predicted molar refractivity (Wildman–Crippen MR) is 80.1 cm³/mol. The van der Waals surface area contributed by atoms with Crippen molar-refractivity contribution in [1.29, 1.82) is 0 Å². The van der Waals surface area contributed by atoms with Gasteiger partial charge in [0, 0.05) is 5.75 Å². The van der Waals surface area contributed by atoms with E-state index in [4.69, 9.17) is 4.74 Å². The normalized spacial score (nSPS) is 17.0. The van der Waals surface area contributed by atoms with Gasteiger partial charge >= 0.3 is 5.97 Å². The van der Waals surface area contributed by atoms with Crippen LogP contribution in [0.3, 0.4) is 0 Å². The summed E-state index contributed by atoms with van der Waals surface area (Å²) in [5.74, 6) is 0.577. The van der Waals surface area contributed by atoms with Gasteiger partial charge < -0.3 is 10.1 Å². The number of esters is 1. The molecule has 0 radical (unpaired) electrons. The number of nitrogens with one attached hydrogen (secondary N) is 1. The zero-order valence-electron chi connectivity index (χ0n) is 12.6. The highest BCUT2D eigenvalue weighted by molar-refractivity contribution is 7.99. The molecular weight excluding hydrogens is 290 g/mol. The maximum atomic E-state index is 11.7. The molecular formula is C13H23N5O2S. The molecule has 21 heavy (non-hydrogen) atoms. The first-order valence-electron chi connectivity index (χ1n) is 7.50. The van der Waals surface area contributed by atoms with E-state index in [9.17, 15) is 4.79 Å². The second kappa shape index (κ2) is 8.33. The number of tetrazole rings is 1. The minimum Gasteiger partial charge on any atom is -0.465 e. The molecule has 1 fully saturated rings. The summed E-state index contributed by atoms with van der Waals surface area (Å²) in [5, 5.41) is 15.8. The zero-order chi connectivity index (χ0) is 15.1. The Hall–Kier alpha value is -1.15. The van der Waals surface area contributed by atoms with Gasteiger partial charge in [0.05, 0.1) is 12.6 Å². The molecule has 8 heteroatoms. The highest BCUT2D eigenvalue weighted by Gasteiger charge is 2.22. The Kier molecular flexibility index (Phi) is 6.44. The standard InChI is InChI=1S/C13H23N5O2S/c1-3-20-12(19)11(14-2)8-9-21-13-15-16-17-18(13)10-6-4-5-7-10/h10-11,14H,3-9H2,1-2H3. The van der Waals surface area contributed by atoms with Gasteiger partial charge in [-0.25, -0.2) is 4.68 Å². The molecule has 0 aromatic carbocycles. The van der Waals surface area contributed by atoms with E-state index in [0.717, 1.165) is 23.8 Å². The lowest BCUT2D eigenvalue weighted by atomic mass is 10.2. The first-order valence-corrected chi connectivity index (χ1v) is 8.49. The molecule has 1 aliphatic carbocycles. The van der Waals surface area contributed by atoms with E-state index in [2.05, 4.69) is 20.8 Å². The highest BCUT2D eigenvalue weighted by Crippen LogP contribution is 2.31. The van der Waals surface area contributed by atoms with Gasteiger partial charge in [-0.15, -0.1) is 5.10 Å². The first kappa shape index (κ1) is 16.2. The van der Waals surface area contributed by atoms with E-state index in [1.165, 1.54) is 12.8 Å². The smallest absolute Gasteiger partial charge is 0.323 e. The Morgan fingerprint density at radius 2 is 2.29 bits per heavy atom. The molecule has 0 amide bonds. The van der Waals surface area contributed by atoms with E-state index < -0.39 is 0 Å². The van der Waals surface area contributed by atoms with Gasteiger partial charge in [0.25, 0.3) is 0 Å². The Morgan fingerprint density at radius 1 is 1.52 bits per heavy atom. The summed E-state index contributed by atoms with van der Waals surface area (Å²) in [6.45, 7) is 2.22. The number of nitrogens with zero attached hydrogens (tertiary/aromatic N) is 4. The van der Waals surface area contributed by atoms with Crippen LogP contribution in [0.15, 0.2) is 5.16 Å². The van der Waals surface area contributed by atoms with Crippen LogP contribution in [0.25, 0.3) is 0 Å². The van der Waals surface area contributed by atoms with Crippen molar-refractivity contribution in [2.75, 3.05) is 19.4 Å². The fraction of sp³-hybridized carbons (Fsp3) is 0.846. The lowest BCUT2D eigenvalue weighted by Gasteiger charge is -2.14. The average Bonchev–Trinajstić information content (AvgIpc) is 3.14. The van der Waals surface area contributed by atoms with E-state index in [-0.39, 0.29) is 12.0 Å². The molecule has 118 valence electrons. The second-order valence-corrected chi connectivity index (χ2v) is 6.14. The van der Waals surface area contributed by atoms with E-state index in [0.29, 0.717) is 19.1 Å². The van der Waals surface area contributed by atoms with Gasteiger partial charge in [-0.2, -0.15) is 0 Å². The van der Waals surface area contributed by atoms with Gasteiger partial charge in [0.1, 0.15) is 6.04 Å². The fourth-order valence-corrected chi connectivity index (χ4v) is 3.50. The lowest BCUT2D eigenvalue weighted by Crippen LogP contribution is -2.36. The Bertz CT molecular complexity index is 448. The molecule has 1 N–H and O–H groups in total. The number of carbonyl (C=O) groups excluding carboxylic acids is 1. The minimum absolute atomic E-state index is 0.198. The van der Waals surface area contributed by atoms with Crippen LogP contribution in [0.1, 0.15) is 45.1 Å². The van der Waals surface area contributed by atoms with Crippen molar-refractivity contribution in [3.63, 3.8) is 0 Å². The van der Waals surface area contributed by atoms with E-state index in [1.54, 1.807) is 18.8 Å². The molecule has 1 aromatic rings. The molecule has 1 atom stereocenters. The molecule has 2 rings (SSSR count). The minimum atomic E-state index is -0.270. The molecule has 1 heterocycles. The number of carbonyl (C=O) groups is 1. The molecule has 0 spiro atoms. The number of likely N-dealkylation sites (N-methyl/N-ethyl adjacent to an activating group) is 1. The van der Waals surface area contributed by atoms with Crippen molar-refractivity contribution in [1.82, 2.24) is 25.5 Å². The molecule has 7 nitrogen and oxygen atoms in total. The monoisotopic (exact) mass is 313 g/mol. The predicted octanol–water partition coefficient (Wildman–Crippen LogP) is 1.42. The summed E-state index contributed by atoms with van der Waals surface area (Å²) in [5.41, 5.74) is 0. The quantitative estimate of drug-likeness (QED) is 0.574. The average molecular weight is 313 g/mol. The van der Waals surface area contributed by atoms with Crippen molar-refractivity contribution in [2.45, 2.75) is 56.3 Å². The third kappa shape index (κ3) is 4.41. The first-order chi connectivity index (χ1) is 10.3. The topological polar surface area (TPSA) is 81.9 Å². The van der Waals surface area contributed by atoms with Gasteiger partial charge in [0.15, 0.2) is 0 Å². The molecule has 1 aromatic heterocycles. The van der Waals surface area contributed by atoms with Crippen LogP contribution in [0, 0.1) is 0 Å². The summed E-state index contributed by atoms with van der Waals surface area (Å²) >= 11 is 1.60. The van der Waals surface area contributed by atoms with Crippen LogP contribution < -0.4 is 5.32 Å². The summed E-state index contributed by atoms with van der Waals surface area (Å²) in [7, 11) is 1.77. The van der Waals surface area contributed by atoms with Crippen molar-refractivity contribution < 1.29 is 9.53 Å². The summed E-state index contributed by atoms with van der Waals surface area (Å²) in [6, 6.07) is 0.168. The summed E-state index contributed by atoms with van der Waals surface area (Å²) in [4.78, 5) is 11.7. The number of hydrogen-bond acceptors (Lipinski definition) is 7. The van der Waals surface area contributed by atoms with E-state index in [1.807, 2.05) is 11.6 Å². The maximum Gasteiger partial charge on any atom is 0.323 e. The Labute approximate surface area is 129 Å². The molecule has 1 unspecified atom stereocenters. The third-order valence-electron chi connectivity index (χ3n) is 3.69. The number of ether oxygens (including phenoxy) is 1. The Balaban J connectivity index is 1.83. The number of rotatable bonds is 8. The van der Waals surface area contributed by atoms with Gasteiger partial charge in [0.2, 0.25) is 5.16 Å². The fourth-order valence-electron chi connectivity index (χ4n) is 2.55. The van der Waals surface area contributed by atoms with Crippen LogP contribution in [-0.4, -0.2) is 51.6 Å². The number of hydrogen-bond donors (Lipinski definition) is 1. The van der Waals surface area contributed by atoms with Crippen LogP contribution in [0.2, 0.25) is 0 Å². The zero-order valence-corrected chi connectivity index (χ0v) is 13.4. The van der Waals surface area contributed by atoms with Crippen LogP contribution in [0.5, 0.6) is 0 Å². The van der Waals surface area contributed by atoms with Gasteiger partial charge in [-0.3, -0.25) is 4.79 Å². The third-order valence-corrected chi connectivity index (χ3v) is 4.66. The van der Waals surface area contributed by atoms with Crippen LogP contribution in [0.4, 0.5) is 0 Å². The summed E-state index contributed by atoms with van der Waals surface area (Å²) < 4.78 is 6.97. The van der Waals surface area contributed by atoms with Crippen molar-refractivity contribution >= 4 is 17.7 Å². The van der Waals surface area contributed by atoms with Crippen LogP contribution in [-0.2, 0) is 9.53 Å². The SMILES string of the molecule is CCOC(=O)C(CCSc1nnnn1C1CCCC1)NC. The van der Waals surface area contributed by atoms with E-state index >= 15 is 0 Å². The molecule has 0 aliphatic heterocycles. The molecule has 0 bridgehead atoms. The Morgan fingerprint density at radius 3 is 2.95 bits per heavy atom. The molecule has 1 saturated carbocycles. The van der Waals surface area contributed by atoms with Crippen molar-refractivity contribution in [3.05, 3.63) is 0 Å². The van der Waals surface area contributed by atoms with Gasteiger partial charge in [-0.1, -0.05) is 24.6 Å². The van der Waals surface area contributed by atoms with Crippen molar-refractivity contribution in [2.24, 2.45) is 0 Å². The maximum absolute atomic E-state index is 11.7. The van der Waals surface area contributed by atoms with Crippen LogP contribution >= 0.6 is 11.8 Å². The number of thioether (sulfide) groups is 1. The largest absolute Gasteiger partial charge is 0.465 e. The van der Waals surface area contributed by atoms with Crippen molar-refractivity contribution in [3.8, 4) is 0 Å². The molecule has 1 aliphatic rings. The highest BCUT2D eigenvalue weighted by atomic mass is 32.2.